The van der Waals surface area contributed by atoms with Gasteiger partial charge in [0.25, 0.3) is 0 Å². The summed E-state index contributed by atoms with van der Waals surface area (Å²) >= 11 is 0. The predicted molar refractivity (Wildman–Crippen MR) is 105 cm³/mol. The van der Waals surface area contributed by atoms with Crippen LogP contribution in [0, 0.1) is 5.82 Å². The Hall–Kier alpha value is -2.59. The van der Waals surface area contributed by atoms with Crippen LogP contribution < -0.4 is 0 Å². The van der Waals surface area contributed by atoms with E-state index < -0.39 is 0 Å². The van der Waals surface area contributed by atoms with E-state index in [-0.39, 0.29) is 5.82 Å². The van der Waals surface area contributed by atoms with Crippen LogP contribution in [0.25, 0.3) is 0 Å². The molecule has 1 fully saturated rings. The molecule has 27 heavy (non-hydrogen) atoms. The van der Waals surface area contributed by atoms with Crippen LogP contribution in [-0.4, -0.2) is 28.0 Å². The second-order valence-electron chi connectivity index (χ2n) is 7.26. The number of rotatable bonds is 5. The molecule has 0 aliphatic carbocycles. The molecule has 1 aliphatic heterocycles. The van der Waals surface area contributed by atoms with E-state index in [1.165, 1.54) is 18.1 Å². The van der Waals surface area contributed by atoms with Crippen molar-refractivity contribution in [2.45, 2.75) is 31.7 Å². The molecule has 3 heterocycles. The molecule has 4 heteroatoms. The van der Waals surface area contributed by atoms with Crippen LogP contribution in [0.1, 0.15) is 41.3 Å². The maximum Gasteiger partial charge on any atom is 0.126 e. The van der Waals surface area contributed by atoms with Crippen molar-refractivity contribution in [3.63, 3.8) is 0 Å². The van der Waals surface area contributed by atoms with Crippen molar-refractivity contribution in [3.8, 4) is 0 Å². The van der Waals surface area contributed by atoms with Crippen molar-refractivity contribution in [3.05, 3.63) is 95.3 Å². The topological polar surface area (TPSA) is 29.0 Å². The summed E-state index contributed by atoms with van der Waals surface area (Å²) in [6, 6.07) is 17.2. The van der Waals surface area contributed by atoms with E-state index in [9.17, 15) is 4.39 Å². The molecular formula is C23H24FN3. The SMILES string of the molecule is Fc1ccccc1Cc1cccc(C2CCCN(Cc3cccnc3)C2)n1. The van der Waals surface area contributed by atoms with Gasteiger partial charge in [-0.2, -0.15) is 0 Å². The van der Waals surface area contributed by atoms with E-state index in [2.05, 4.69) is 28.1 Å². The summed E-state index contributed by atoms with van der Waals surface area (Å²) < 4.78 is 13.9. The van der Waals surface area contributed by atoms with Gasteiger partial charge in [-0.3, -0.25) is 14.9 Å². The highest BCUT2D eigenvalue weighted by molar-refractivity contribution is 5.25. The normalized spacial score (nSPS) is 17.7. The fourth-order valence-electron chi connectivity index (χ4n) is 3.85. The summed E-state index contributed by atoms with van der Waals surface area (Å²) in [6.45, 7) is 3.05. The van der Waals surface area contributed by atoms with E-state index in [0.29, 0.717) is 17.9 Å². The largest absolute Gasteiger partial charge is 0.298 e. The maximum absolute atomic E-state index is 13.9. The zero-order valence-electron chi connectivity index (χ0n) is 15.4. The average molecular weight is 361 g/mol. The second kappa shape index (κ2) is 8.40. The third kappa shape index (κ3) is 4.58. The minimum Gasteiger partial charge on any atom is -0.298 e. The molecule has 1 aromatic carbocycles. The quantitative estimate of drug-likeness (QED) is 0.666. The van der Waals surface area contributed by atoms with Crippen LogP contribution in [0.3, 0.4) is 0 Å². The Balaban J connectivity index is 1.45. The van der Waals surface area contributed by atoms with Crippen LogP contribution in [0.15, 0.2) is 67.0 Å². The van der Waals surface area contributed by atoms with Gasteiger partial charge in [0.05, 0.1) is 0 Å². The molecule has 0 amide bonds. The zero-order valence-corrected chi connectivity index (χ0v) is 15.4. The second-order valence-corrected chi connectivity index (χ2v) is 7.26. The van der Waals surface area contributed by atoms with E-state index in [1.54, 1.807) is 6.07 Å². The van der Waals surface area contributed by atoms with Gasteiger partial charge in [0.1, 0.15) is 5.82 Å². The van der Waals surface area contributed by atoms with Gasteiger partial charge in [-0.05, 0) is 54.8 Å². The molecule has 1 unspecified atom stereocenters. The predicted octanol–water partition coefficient (Wildman–Crippen LogP) is 4.59. The molecule has 3 aromatic rings. The van der Waals surface area contributed by atoms with Crippen LogP contribution in [0.5, 0.6) is 0 Å². The summed E-state index contributed by atoms with van der Waals surface area (Å²) in [5.41, 5.74) is 4.00. The van der Waals surface area contributed by atoms with Gasteiger partial charge in [0, 0.05) is 49.2 Å². The molecule has 0 radical (unpaired) electrons. The Bertz CT molecular complexity index is 882. The van der Waals surface area contributed by atoms with Crippen molar-refractivity contribution >= 4 is 0 Å². The van der Waals surface area contributed by atoms with Gasteiger partial charge in [-0.25, -0.2) is 4.39 Å². The van der Waals surface area contributed by atoms with Crippen molar-refractivity contribution in [1.29, 1.82) is 0 Å². The smallest absolute Gasteiger partial charge is 0.126 e. The Kier molecular flexibility index (Phi) is 5.54. The number of hydrogen-bond donors (Lipinski definition) is 0. The zero-order chi connectivity index (χ0) is 18.5. The molecule has 0 saturated carbocycles. The fraction of sp³-hybridized carbons (Fsp3) is 0.304. The lowest BCUT2D eigenvalue weighted by Crippen LogP contribution is -2.34. The molecule has 1 saturated heterocycles. The van der Waals surface area contributed by atoms with E-state index in [0.717, 1.165) is 37.4 Å². The third-order valence-corrected chi connectivity index (χ3v) is 5.21. The highest BCUT2D eigenvalue weighted by Crippen LogP contribution is 2.27. The van der Waals surface area contributed by atoms with Crippen LogP contribution >= 0.6 is 0 Å². The van der Waals surface area contributed by atoms with Gasteiger partial charge >= 0.3 is 0 Å². The third-order valence-electron chi connectivity index (χ3n) is 5.21. The molecule has 138 valence electrons. The lowest BCUT2D eigenvalue weighted by Gasteiger charge is -2.32. The van der Waals surface area contributed by atoms with Crippen molar-refractivity contribution in [2.75, 3.05) is 13.1 Å². The average Bonchev–Trinajstić information content (AvgIpc) is 2.71. The molecule has 0 bridgehead atoms. The van der Waals surface area contributed by atoms with Gasteiger partial charge in [-0.1, -0.05) is 30.3 Å². The number of hydrogen-bond acceptors (Lipinski definition) is 3. The minimum absolute atomic E-state index is 0.162. The molecule has 2 aromatic heterocycles. The van der Waals surface area contributed by atoms with Gasteiger partial charge in [-0.15, -0.1) is 0 Å². The highest BCUT2D eigenvalue weighted by Gasteiger charge is 2.22. The molecular weight excluding hydrogens is 337 g/mol. The monoisotopic (exact) mass is 361 g/mol. The molecule has 0 spiro atoms. The number of likely N-dealkylation sites (tertiary alicyclic amines) is 1. The Morgan fingerprint density at radius 3 is 2.81 bits per heavy atom. The molecule has 4 rings (SSSR count). The lowest BCUT2D eigenvalue weighted by atomic mass is 9.93. The van der Waals surface area contributed by atoms with E-state index in [1.807, 2.05) is 36.7 Å². The number of pyridine rings is 2. The highest BCUT2D eigenvalue weighted by atomic mass is 19.1. The van der Waals surface area contributed by atoms with Crippen molar-refractivity contribution < 1.29 is 4.39 Å². The summed E-state index contributed by atoms with van der Waals surface area (Å²) in [6.07, 6.45) is 6.61. The van der Waals surface area contributed by atoms with E-state index >= 15 is 0 Å². The van der Waals surface area contributed by atoms with Crippen LogP contribution in [-0.2, 0) is 13.0 Å². The number of piperidine rings is 1. The van der Waals surface area contributed by atoms with Crippen LogP contribution in [0.2, 0.25) is 0 Å². The first-order chi connectivity index (χ1) is 13.3. The summed E-state index contributed by atoms with van der Waals surface area (Å²) in [5, 5.41) is 0. The first kappa shape index (κ1) is 17.8. The number of nitrogens with zero attached hydrogens (tertiary/aromatic N) is 3. The number of aromatic nitrogens is 2. The Morgan fingerprint density at radius 2 is 1.96 bits per heavy atom. The van der Waals surface area contributed by atoms with Crippen molar-refractivity contribution in [2.24, 2.45) is 0 Å². The van der Waals surface area contributed by atoms with Gasteiger partial charge in [0.2, 0.25) is 0 Å². The Labute approximate surface area is 159 Å². The molecule has 0 N–H and O–H groups in total. The number of halogens is 1. The molecule has 3 nitrogen and oxygen atoms in total. The maximum atomic E-state index is 13.9. The lowest BCUT2D eigenvalue weighted by molar-refractivity contribution is 0.198. The van der Waals surface area contributed by atoms with Crippen LogP contribution in [0.4, 0.5) is 4.39 Å². The van der Waals surface area contributed by atoms with Gasteiger partial charge in [0.15, 0.2) is 0 Å². The van der Waals surface area contributed by atoms with Crippen molar-refractivity contribution in [1.82, 2.24) is 14.9 Å². The molecule has 1 aliphatic rings. The standard InChI is InChI=1S/C23H24FN3/c24-22-10-2-1-7-19(22)14-21-9-3-11-23(26-21)20-8-5-13-27(17-20)16-18-6-4-12-25-15-18/h1-4,6-7,9-12,15,20H,5,8,13-14,16-17H2. The Morgan fingerprint density at radius 1 is 1.04 bits per heavy atom. The van der Waals surface area contributed by atoms with Gasteiger partial charge < -0.3 is 0 Å². The summed E-state index contributed by atoms with van der Waals surface area (Å²) in [7, 11) is 0. The van der Waals surface area contributed by atoms with E-state index in [4.69, 9.17) is 4.98 Å². The summed E-state index contributed by atoms with van der Waals surface area (Å²) in [4.78, 5) is 11.6. The molecule has 1 atom stereocenters. The number of benzene rings is 1. The minimum atomic E-state index is -0.162. The first-order valence-corrected chi connectivity index (χ1v) is 9.58. The summed E-state index contributed by atoms with van der Waals surface area (Å²) in [5.74, 6) is 0.265. The first-order valence-electron chi connectivity index (χ1n) is 9.58. The fourth-order valence-corrected chi connectivity index (χ4v) is 3.85.